The molecule has 3 N–H and O–H groups in total. The van der Waals surface area contributed by atoms with Crippen LogP contribution in [-0.4, -0.2) is 70.0 Å². The molecule has 0 aromatic carbocycles. The Morgan fingerprint density at radius 3 is 2.45 bits per heavy atom. The summed E-state index contributed by atoms with van der Waals surface area (Å²) in [6, 6.07) is 2.81. The van der Waals surface area contributed by atoms with Crippen molar-refractivity contribution in [2.75, 3.05) is 19.6 Å². The summed E-state index contributed by atoms with van der Waals surface area (Å²) < 4.78 is 0. The van der Waals surface area contributed by atoms with Gasteiger partial charge in [-0.05, 0) is 43.2 Å². The Morgan fingerprint density at radius 1 is 1.09 bits per heavy atom. The molecule has 4 rings (SSSR count). The van der Waals surface area contributed by atoms with Crippen LogP contribution in [0.15, 0.2) is 18.3 Å². The van der Waals surface area contributed by atoms with Crippen LogP contribution in [0.3, 0.4) is 0 Å². The second-order valence-corrected chi connectivity index (χ2v) is 9.18. The van der Waals surface area contributed by atoms with Gasteiger partial charge in [-0.1, -0.05) is 12.8 Å². The molecule has 1 aliphatic carbocycles. The Hall–Kier alpha value is -3.30. The Labute approximate surface area is 191 Å². The van der Waals surface area contributed by atoms with Crippen LogP contribution in [0, 0.1) is 5.41 Å². The zero-order chi connectivity index (χ0) is 23.6. The first kappa shape index (κ1) is 22.9. The SMILES string of the molecule is NC(=O)c1ccnc(C(=O)NC2CCCCC23CCN(C(=O)CN2C(=O)CCC2=O)CC3)c1. The molecule has 1 saturated carbocycles. The molecule has 3 aliphatic rings. The lowest BCUT2D eigenvalue weighted by Gasteiger charge is -2.49. The van der Waals surface area contributed by atoms with Crippen LogP contribution in [0.2, 0.25) is 0 Å². The quantitative estimate of drug-likeness (QED) is 0.623. The number of hydrogen-bond acceptors (Lipinski definition) is 6. The lowest BCUT2D eigenvalue weighted by molar-refractivity contribution is -0.146. The fourth-order valence-corrected chi connectivity index (χ4v) is 5.31. The van der Waals surface area contributed by atoms with E-state index in [4.69, 9.17) is 5.73 Å². The normalized spacial score (nSPS) is 22.5. The number of piperidine rings is 1. The highest BCUT2D eigenvalue weighted by Gasteiger charge is 2.44. The van der Waals surface area contributed by atoms with Gasteiger partial charge in [-0.25, -0.2) is 0 Å². The third kappa shape index (κ3) is 4.74. The predicted molar refractivity (Wildman–Crippen MR) is 117 cm³/mol. The zero-order valence-electron chi connectivity index (χ0n) is 18.5. The number of imide groups is 1. The predicted octanol–water partition coefficient (Wildman–Crippen LogP) is 0.611. The summed E-state index contributed by atoms with van der Waals surface area (Å²) in [5.41, 5.74) is 5.58. The van der Waals surface area contributed by atoms with Crippen LogP contribution < -0.4 is 11.1 Å². The summed E-state index contributed by atoms with van der Waals surface area (Å²) in [6.07, 6.45) is 7.08. The molecule has 1 aromatic heterocycles. The molecule has 10 nitrogen and oxygen atoms in total. The number of nitrogens with two attached hydrogens (primary N) is 1. The van der Waals surface area contributed by atoms with Crippen molar-refractivity contribution in [2.24, 2.45) is 11.1 Å². The van der Waals surface area contributed by atoms with Gasteiger partial charge >= 0.3 is 0 Å². The molecule has 0 radical (unpaired) electrons. The first-order valence-corrected chi connectivity index (χ1v) is 11.5. The molecule has 1 atom stereocenters. The number of likely N-dealkylation sites (tertiary alicyclic amines) is 2. The van der Waals surface area contributed by atoms with Crippen molar-refractivity contribution < 1.29 is 24.0 Å². The van der Waals surface area contributed by atoms with Crippen LogP contribution in [-0.2, 0) is 14.4 Å². The van der Waals surface area contributed by atoms with E-state index in [1.807, 2.05) is 0 Å². The summed E-state index contributed by atoms with van der Waals surface area (Å²) in [6.45, 7) is 0.861. The standard InChI is InChI=1S/C23H29N5O5/c24-21(32)15-6-10-25-16(13-15)22(33)26-17-3-1-2-7-23(17)8-11-27(12-9-23)20(31)14-28-18(29)4-5-19(28)30/h6,10,13,17H,1-5,7-9,11-12,14H2,(H2,24,32)(H,26,33). The van der Waals surface area contributed by atoms with Crippen LogP contribution in [0.1, 0.15) is 72.2 Å². The van der Waals surface area contributed by atoms with Gasteiger partial charge in [0, 0.05) is 43.7 Å². The maximum Gasteiger partial charge on any atom is 0.270 e. The van der Waals surface area contributed by atoms with E-state index < -0.39 is 5.91 Å². The minimum Gasteiger partial charge on any atom is -0.366 e. The van der Waals surface area contributed by atoms with Crippen LogP contribution in [0.4, 0.5) is 0 Å². The van der Waals surface area contributed by atoms with E-state index in [-0.39, 0.29) is 65.7 Å². The van der Waals surface area contributed by atoms with Gasteiger partial charge < -0.3 is 16.0 Å². The molecule has 176 valence electrons. The second kappa shape index (κ2) is 9.29. The molecule has 3 fully saturated rings. The molecule has 1 aromatic rings. The van der Waals surface area contributed by atoms with E-state index in [2.05, 4.69) is 10.3 Å². The molecular weight excluding hydrogens is 426 g/mol. The second-order valence-electron chi connectivity index (χ2n) is 9.18. The van der Waals surface area contributed by atoms with Crippen molar-refractivity contribution in [1.82, 2.24) is 20.1 Å². The molecule has 2 aliphatic heterocycles. The number of hydrogen-bond donors (Lipinski definition) is 2. The van der Waals surface area contributed by atoms with Gasteiger partial charge in [-0.15, -0.1) is 0 Å². The van der Waals surface area contributed by atoms with E-state index in [1.54, 1.807) is 4.90 Å². The average molecular weight is 456 g/mol. The van der Waals surface area contributed by atoms with E-state index in [9.17, 15) is 24.0 Å². The van der Waals surface area contributed by atoms with Crippen molar-refractivity contribution in [3.63, 3.8) is 0 Å². The fourth-order valence-electron chi connectivity index (χ4n) is 5.31. The van der Waals surface area contributed by atoms with E-state index in [1.165, 1.54) is 18.3 Å². The molecule has 1 unspecified atom stereocenters. The third-order valence-corrected chi connectivity index (χ3v) is 7.30. The molecule has 1 spiro atoms. The van der Waals surface area contributed by atoms with Gasteiger partial charge in [0.1, 0.15) is 12.2 Å². The monoisotopic (exact) mass is 455 g/mol. The third-order valence-electron chi connectivity index (χ3n) is 7.30. The van der Waals surface area contributed by atoms with E-state index in [0.717, 1.165) is 43.4 Å². The lowest BCUT2D eigenvalue weighted by atomic mass is 9.64. The zero-order valence-corrected chi connectivity index (χ0v) is 18.5. The largest absolute Gasteiger partial charge is 0.366 e. The Bertz CT molecular complexity index is 969. The number of amides is 5. The Balaban J connectivity index is 1.39. The van der Waals surface area contributed by atoms with Crippen molar-refractivity contribution in [3.8, 4) is 0 Å². The highest BCUT2D eigenvalue weighted by atomic mass is 16.2. The van der Waals surface area contributed by atoms with Gasteiger partial charge in [0.25, 0.3) is 5.91 Å². The summed E-state index contributed by atoms with van der Waals surface area (Å²) in [5, 5.41) is 3.12. The van der Waals surface area contributed by atoms with Crippen molar-refractivity contribution in [1.29, 1.82) is 0 Å². The number of aromatic nitrogens is 1. The molecule has 33 heavy (non-hydrogen) atoms. The number of carbonyl (C=O) groups excluding carboxylic acids is 5. The van der Waals surface area contributed by atoms with Crippen molar-refractivity contribution >= 4 is 29.5 Å². The van der Waals surface area contributed by atoms with Gasteiger partial charge in [0.2, 0.25) is 23.6 Å². The highest BCUT2D eigenvalue weighted by Crippen LogP contribution is 2.45. The number of primary amides is 1. The first-order valence-electron chi connectivity index (χ1n) is 11.5. The number of nitrogens with one attached hydrogen (secondary N) is 1. The minimum absolute atomic E-state index is 0.0585. The summed E-state index contributed by atoms with van der Waals surface area (Å²) in [4.78, 5) is 67.5. The molecule has 3 heterocycles. The Morgan fingerprint density at radius 2 is 1.79 bits per heavy atom. The van der Waals surface area contributed by atoms with Gasteiger partial charge in [-0.3, -0.25) is 33.9 Å². The first-order chi connectivity index (χ1) is 15.8. The number of rotatable bonds is 5. The van der Waals surface area contributed by atoms with Gasteiger partial charge in [0.05, 0.1) is 0 Å². The minimum atomic E-state index is -0.616. The number of nitrogens with zero attached hydrogens (tertiary/aromatic N) is 3. The number of pyridine rings is 1. The molecule has 2 saturated heterocycles. The average Bonchev–Trinajstić information content (AvgIpc) is 3.13. The van der Waals surface area contributed by atoms with Gasteiger partial charge in [0.15, 0.2) is 0 Å². The molecule has 0 bridgehead atoms. The van der Waals surface area contributed by atoms with Crippen LogP contribution in [0.5, 0.6) is 0 Å². The maximum absolute atomic E-state index is 12.9. The molecule has 5 amide bonds. The van der Waals surface area contributed by atoms with Crippen molar-refractivity contribution in [3.05, 3.63) is 29.6 Å². The smallest absolute Gasteiger partial charge is 0.270 e. The number of carbonyl (C=O) groups is 5. The Kier molecular flexibility index (Phi) is 6.44. The van der Waals surface area contributed by atoms with Crippen LogP contribution in [0.25, 0.3) is 0 Å². The lowest BCUT2D eigenvalue weighted by Crippen LogP contribution is -2.56. The van der Waals surface area contributed by atoms with Crippen LogP contribution >= 0.6 is 0 Å². The van der Waals surface area contributed by atoms with Gasteiger partial charge in [-0.2, -0.15) is 0 Å². The topological polar surface area (TPSA) is 143 Å². The summed E-state index contributed by atoms with van der Waals surface area (Å²) >= 11 is 0. The van der Waals surface area contributed by atoms with E-state index in [0.29, 0.717) is 13.1 Å². The summed E-state index contributed by atoms with van der Waals surface area (Å²) in [5.74, 6) is -1.74. The fraction of sp³-hybridized carbons (Fsp3) is 0.565. The summed E-state index contributed by atoms with van der Waals surface area (Å²) in [7, 11) is 0. The maximum atomic E-state index is 12.9. The molecule has 10 heteroatoms. The van der Waals surface area contributed by atoms with Crippen molar-refractivity contribution in [2.45, 2.75) is 57.4 Å². The molecular formula is C23H29N5O5. The highest BCUT2D eigenvalue weighted by molar-refractivity contribution is 6.04. The van der Waals surface area contributed by atoms with E-state index >= 15 is 0 Å².